The molecule has 21 heavy (non-hydrogen) atoms. The summed E-state index contributed by atoms with van der Waals surface area (Å²) in [5, 5.41) is 20.2. The summed E-state index contributed by atoms with van der Waals surface area (Å²) >= 11 is 4.38. The summed E-state index contributed by atoms with van der Waals surface area (Å²) in [7, 11) is 0. The van der Waals surface area contributed by atoms with Gasteiger partial charge in [-0.05, 0) is 18.1 Å². The summed E-state index contributed by atoms with van der Waals surface area (Å²) in [6, 6.07) is 7.59. The van der Waals surface area contributed by atoms with Gasteiger partial charge in [-0.2, -0.15) is 12.6 Å². The Bertz CT molecular complexity index is 504. The highest BCUT2D eigenvalue weighted by Crippen LogP contribution is 2.26. The van der Waals surface area contributed by atoms with Gasteiger partial charge in [-0.1, -0.05) is 31.2 Å². The maximum absolute atomic E-state index is 12.3. The van der Waals surface area contributed by atoms with Crippen molar-refractivity contribution in [2.24, 2.45) is 0 Å². The molecule has 0 aromatic heterocycles. The lowest BCUT2D eigenvalue weighted by atomic mass is 9.91. The van der Waals surface area contributed by atoms with Crippen molar-refractivity contribution >= 4 is 24.5 Å². The number of carbonyl (C=O) groups is 2. The van der Waals surface area contributed by atoms with E-state index in [1.54, 1.807) is 0 Å². The van der Waals surface area contributed by atoms with Crippen LogP contribution in [0.15, 0.2) is 24.3 Å². The summed E-state index contributed by atoms with van der Waals surface area (Å²) in [5.74, 6) is -1.93. The third kappa shape index (κ3) is 5.06. The second-order valence-corrected chi connectivity index (χ2v) is 5.82. The van der Waals surface area contributed by atoms with Crippen molar-refractivity contribution in [3.8, 4) is 0 Å². The minimum Gasteiger partial charge on any atom is -0.479 e. The number of carboxylic acid groups (broad SMARTS) is 1. The quantitative estimate of drug-likeness (QED) is 0.573. The van der Waals surface area contributed by atoms with Gasteiger partial charge in [0.05, 0.1) is 5.92 Å². The molecule has 0 saturated heterocycles. The van der Waals surface area contributed by atoms with E-state index in [1.165, 1.54) is 0 Å². The van der Waals surface area contributed by atoms with E-state index < -0.39 is 18.0 Å². The van der Waals surface area contributed by atoms with Crippen molar-refractivity contribution in [1.29, 1.82) is 0 Å². The van der Waals surface area contributed by atoms with E-state index in [-0.39, 0.29) is 24.1 Å². The van der Waals surface area contributed by atoms with Crippen molar-refractivity contribution in [1.82, 2.24) is 5.32 Å². The molecule has 0 spiro atoms. The molecular formula is C15H21NO4S. The number of aliphatic carboxylic acids is 1. The number of hydrogen-bond donors (Lipinski definition) is 4. The molecule has 3 N–H and O–H groups in total. The van der Waals surface area contributed by atoms with Crippen LogP contribution in [0.5, 0.6) is 0 Å². The summed E-state index contributed by atoms with van der Waals surface area (Å²) in [4.78, 5) is 22.8. The lowest BCUT2D eigenvalue weighted by molar-refractivity contribution is -0.147. The minimum absolute atomic E-state index is 0.0253. The highest BCUT2D eigenvalue weighted by Gasteiger charge is 2.26. The predicted octanol–water partition coefficient (Wildman–Crippen LogP) is 1.35. The van der Waals surface area contributed by atoms with E-state index >= 15 is 0 Å². The number of hydrogen-bond acceptors (Lipinski definition) is 4. The third-order valence-electron chi connectivity index (χ3n) is 3.29. The number of thiol groups is 1. The van der Waals surface area contributed by atoms with Crippen LogP contribution in [0, 0.1) is 6.92 Å². The molecule has 0 aliphatic heterocycles. The second kappa shape index (κ2) is 8.05. The van der Waals surface area contributed by atoms with Crippen LogP contribution in [0.25, 0.3) is 0 Å². The fraction of sp³-hybridized carbons (Fsp3) is 0.467. The Morgan fingerprint density at radius 2 is 1.95 bits per heavy atom. The fourth-order valence-corrected chi connectivity index (χ4v) is 2.42. The average molecular weight is 311 g/mol. The number of nitrogens with one attached hydrogen (secondary N) is 1. The van der Waals surface area contributed by atoms with Crippen LogP contribution in [0.2, 0.25) is 0 Å². The van der Waals surface area contributed by atoms with Crippen molar-refractivity contribution < 1.29 is 19.8 Å². The Labute approximate surface area is 129 Å². The summed E-state index contributed by atoms with van der Waals surface area (Å²) in [6.45, 7) is 3.88. The van der Waals surface area contributed by atoms with E-state index in [0.717, 1.165) is 11.1 Å². The Morgan fingerprint density at radius 3 is 2.48 bits per heavy atom. The van der Waals surface area contributed by atoms with Crippen molar-refractivity contribution in [3.05, 3.63) is 35.4 Å². The van der Waals surface area contributed by atoms with Crippen LogP contribution < -0.4 is 5.32 Å². The van der Waals surface area contributed by atoms with Gasteiger partial charge < -0.3 is 15.5 Å². The maximum atomic E-state index is 12.3. The van der Waals surface area contributed by atoms with E-state index in [1.807, 2.05) is 38.1 Å². The zero-order valence-corrected chi connectivity index (χ0v) is 13.0. The topological polar surface area (TPSA) is 86.6 Å². The summed E-state index contributed by atoms with van der Waals surface area (Å²) < 4.78 is 0. The van der Waals surface area contributed by atoms with Crippen LogP contribution >= 0.6 is 12.6 Å². The monoisotopic (exact) mass is 311 g/mol. The average Bonchev–Trinajstić information content (AvgIpc) is 2.40. The molecule has 5 nitrogen and oxygen atoms in total. The maximum Gasteiger partial charge on any atom is 0.332 e. The second-order valence-electron chi connectivity index (χ2n) is 5.01. The number of aryl methyl sites for hydroxylation is 1. The van der Waals surface area contributed by atoms with Crippen molar-refractivity contribution in [2.45, 2.75) is 37.5 Å². The summed E-state index contributed by atoms with van der Waals surface area (Å²) in [5.41, 5.74) is 1.90. The van der Waals surface area contributed by atoms with E-state index in [4.69, 9.17) is 5.11 Å². The van der Waals surface area contributed by atoms with E-state index in [2.05, 4.69) is 17.9 Å². The number of carbonyl (C=O) groups excluding carboxylic acids is 1. The first-order chi connectivity index (χ1) is 9.84. The molecule has 0 heterocycles. The van der Waals surface area contributed by atoms with Gasteiger partial charge in [-0.3, -0.25) is 4.79 Å². The normalized spacial score (nSPS) is 15.0. The van der Waals surface area contributed by atoms with Crippen molar-refractivity contribution in [3.63, 3.8) is 0 Å². The van der Waals surface area contributed by atoms with Gasteiger partial charge in [-0.25, -0.2) is 4.79 Å². The molecule has 0 saturated carbocycles. The predicted molar refractivity (Wildman–Crippen MR) is 83.6 cm³/mol. The van der Waals surface area contributed by atoms with E-state index in [9.17, 15) is 14.7 Å². The molecule has 1 amide bonds. The summed E-state index contributed by atoms with van der Waals surface area (Å²) in [6.07, 6.45) is -1.49. The Hall–Kier alpha value is -1.53. The van der Waals surface area contributed by atoms with Crippen LogP contribution in [0.3, 0.4) is 0 Å². The Morgan fingerprint density at radius 1 is 1.33 bits per heavy atom. The first-order valence-corrected chi connectivity index (χ1v) is 7.28. The lowest BCUT2D eigenvalue weighted by Gasteiger charge is -2.22. The molecule has 6 heteroatoms. The highest BCUT2D eigenvalue weighted by molar-refractivity contribution is 7.81. The smallest absolute Gasteiger partial charge is 0.332 e. The molecule has 3 unspecified atom stereocenters. The van der Waals surface area contributed by atoms with E-state index in [0.29, 0.717) is 0 Å². The fourth-order valence-electron chi connectivity index (χ4n) is 2.12. The molecule has 116 valence electrons. The molecule has 0 aliphatic carbocycles. The van der Waals surface area contributed by atoms with Gasteiger partial charge in [0.15, 0.2) is 6.10 Å². The molecule has 1 rings (SSSR count). The van der Waals surface area contributed by atoms with Gasteiger partial charge in [0.1, 0.15) is 0 Å². The number of benzene rings is 1. The first kappa shape index (κ1) is 17.5. The number of rotatable bonds is 7. The third-order valence-corrected chi connectivity index (χ3v) is 3.59. The Kier molecular flexibility index (Phi) is 6.71. The van der Waals surface area contributed by atoms with Gasteiger partial charge in [-0.15, -0.1) is 0 Å². The molecule has 0 bridgehead atoms. The van der Waals surface area contributed by atoms with Gasteiger partial charge >= 0.3 is 5.97 Å². The number of aliphatic hydroxyl groups excluding tert-OH is 1. The Balaban J connectivity index is 2.72. The van der Waals surface area contributed by atoms with Gasteiger partial charge in [0.25, 0.3) is 0 Å². The molecule has 0 fully saturated rings. The first-order valence-electron chi connectivity index (χ1n) is 6.76. The number of carboxylic acids is 1. The van der Waals surface area contributed by atoms with Crippen LogP contribution in [0.4, 0.5) is 0 Å². The van der Waals surface area contributed by atoms with Crippen LogP contribution in [-0.4, -0.2) is 40.0 Å². The number of amides is 1. The van der Waals surface area contributed by atoms with Crippen LogP contribution in [-0.2, 0) is 9.59 Å². The highest BCUT2D eigenvalue weighted by atomic mass is 32.1. The van der Waals surface area contributed by atoms with Gasteiger partial charge in [0, 0.05) is 18.2 Å². The zero-order chi connectivity index (χ0) is 16.0. The van der Waals surface area contributed by atoms with Gasteiger partial charge in [0.2, 0.25) is 5.91 Å². The molecule has 0 aliphatic rings. The molecular weight excluding hydrogens is 290 g/mol. The molecule has 1 aromatic carbocycles. The number of aliphatic hydroxyl groups is 1. The largest absolute Gasteiger partial charge is 0.479 e. The molecule has 3 atom stereocenters. The lowest BCUT2D eigenvalue weighted by Crippen LogP contribution is -2.36. The minimum atomic E-state index is -1.46. The van der Waals surface area contributed by atoms with Crippen molar-refractivity contribution in [2.75, 3.05) is 6.54 Å². The SMILES string of the molecule is Cc1ccccc1C(C(=O)NCCC(O)C(=O)O)C(C)S. The molecule has 0 radical (unpaired) electrons. The van der Waals surface area contributed by atoms with Crippen LogP contribution in [0.1, 0.15) is 30.4 Å². The zero-order valence-electron chi connectivity index (χ0n) is 12.1. The molecule has 1 aromatic rings. The standard InChI is InChI=1S/C15H21NO4S/c1-9-5-3-4-6-11(9)13(10(2)21)14(18)16-8-7-12(17)15(19)20/h3-6,10,12-13,17,21H,7-8H2,1-2H3,(H,16,18)(H,19,20).